The molecule has 1 saturated heterocycles. The molecule has 2 aromatic carbocycles. The van der Waals surface area contributed by atoms with Gasteiger partial charge in [-0.15, -0.1) is 0 Å². The fourth-order valence-electron chi connectivity index (χ4n) is 3.94. The van der Waals surface area contributed by atoms with E-state index in [1.165, 1.54) is 25.5 Å². The van der Waals surface area contributed by atoms with Crippen LogP contribution in [0.2, 0.25) is 0 Å². The Morgan fingerprint density at radius 2 is 1.79 bits per heavy atom. The van der Waals surface area contributed by atoms with Crippen LogP contribution >= 0.6 is 0 Å². The second-order valence-electron chi connectivity index (χ2n) is 7.55. The molecule has 3 aromatic rings. The number of carbonyl (C=O) groups is 2. The van der Waals surface area contributed by atoms with Gasteiger partial charge in [-0.1, -0.05) is 18.2 Å². The maximum Gasteiger partial charge on any atom is 0.247 e. The van der Waals surface area contributed by atoms with Crippen LogP contribution in [0.1, 0.15) is 25.3 Å². The number of anilines is 2. The van der Waals surface area contributed by atoms with Gasteiger partial charge in [0.2, 0.25) is 11.8 Å². The van der Waals surface area contributed by atoms with Gasteiger partial charge in [-0.05, 0) is 48.7 Å². The second kappa shape index (κ2) is 8.39. The molecule has 150 valence electrons. The lowest BCUT2D eigenvalue weighted by Gasteiger charge is -2.19. The largest absolute Gasteiger partial charge is 0.372 e. The highest BCUT2D eigenvalue weighted by Gasteiger charge is 2.22. The first kappa shape index (κ1) is 19.1. The number of hydrogen-bond donors (Lipinski definition) is 3. The topological polar surface area (TPSA) is 77.2 Å². The Labute approximate surface area is 170 Å². The normalized spacial score (nSPS) is 14.7. The molecule has 1 aromatic heterocycles. The molecular formula is C23H26N4O2. The van der Waals surface area contributed by atoms with Crippen molar-refractivity contribution in [2.45, 2.75) is 32.2 Å². The number of amides is 2. The number of carbonyl (C=O) groups excluding carboxylic acids is 2. The molecule has 1 atom stereocenters. The number of para-hydroxylation sites is 1. The minimum atomic E-state index is -0.648. The van der Waals surface area contributed by atoms with Gasteiger partial charge in [-0.3, -0.25) is 9.59 Å². The zero-order chi connectivity index (χ0) is 20.2. The van der Waals surface area contributed by atoms with Crippen LogP contribution in [-0.2, 0) is 16.0 Å². The molecule has 1 unspecified atom stereocenters. The number of nitrogens with one attached hydrogen (secondary N) is 3. The fraction of sp³-hybridized carbons (Fsp3) is 0.304. The van der Waals surface area contributed by atoms with Crippen LogP contribution in [0.5, 0.6) is 0 Å². The Balaban J connectivity index is 1.47. The van der Waals surface area contributed by atoms with E-state index in [-0.39, 0.29) is 11.8 Å². The first-order valence-electron chi connectivity index (χ1n) is 10.1. The molecule has 2 amide bonds. The Hall–Kier alpha value is -3.28. The third-order valence-corrected chi connectivity index (χ3v) is 5.40. The van der Waals surface area contributed by atoms with Crippen molar-refractivity contribution in [3.63, 3.8) is 0 Å². The van der Waals surface area contributed by atoms with Gasteiger partial charge in [-0.2, -0.15) is 0 Å². The SMILES string of the molecule is CC(=O)NC(Cc1c[nH]c2ccccc12)C(=O)Nc1ccc(N2CCCC2)cc1. The van der Waals surface area contributed by atoms with Gasteiger partial charge in [0.1, 0.15) is 6.04 Å². The van der Waals surface area contributed by atoms with Crippen molar-refractivity contribution in [2.24, 2.45) is 0 Å². The van der Waals surface area contributed by atoms with Gasteiger partial charge in [0.05, 0.1) is 0 Å². The molecule has 0 saturated carbocycles. The highest BCUT2D eigenvalue weighted by Crippen LogP contribution is 2.23. The monoisotopic (exact) mass is 390 g/mol. The van der Waals surface area contributed by atoms with Crippen LogP contribution in [0.15, 0.2) is 54.7 Å². The Morgan fingerprint density at radius 3 is 2.52 bits per heavy atom. The zero-order valence-corrected chi connectivity index (χ0v) is 16.6. The van der Waals surface area contributed by atoms with Gasteiger partial charge < -0.3 is 20.5 Å². The van der Waals surface area contributed by atoms with Crippen LogP contribution < -0.4 is 15.5 Å². The van der Waals surface area contributed by atoms with Gasteiger partial charge in [0.15, 0.2) is 0 Å². The third kappa shape index (κ3) is 4.42. The minimum absolute atomic E-state index is 0.223. The molecule has 2 heterocycles. The number of benzene rings is 2. The van der Waals surface area contributed by atoms with Crippen molar-refractivity contribution in [2.75, 3.05) is 23.3 Å². The smallest absolute Gasteiger partial charge is 0.247 e. The summed E-state index contributed by atoms with van der Waals surface area (Å²) in [6.07, 6.45) is 4.77. The average Bonchev–Trinajstić information content (AvgIpc) is 3.38. The molecule has 1 aliphatic heterocycles. The van der Waals surface area contributed by atoms with E-state index in [1.54, 1.807) is 0 Å². The summed E-state index contributed by atoms with van der Waals surface area (Å²) in [4.78, 5) is 30.2. The van der Waals surface area contributed by atoms with E-state index in [2.05, 4.69) is 20.5 Å². The van der Waals surface area contributed by atoms with E-state index >= 15 is 0 Å². The number of hydrogen-bond acceptors (Lipinski definition) is 3. The van der Waals surface area contributed by atoms with Gasteiger partial charge in [0.25, 0.3) is 0 Å². The number of fused-ring (bicyclic) bond motifs is 1. The molecular weight excluding hydrogens is 364 g/mol. The van der Waals surface area contributed by atoms with Gasteiger partial charge in [0, 0.05) is 54.9 Å². The zero-order valence-electron chi connectivity index (χ0n) is 16.6. The molecule has 0 aliphatic carbocycles. The number of aromatic amines is 1. The van der Waals surface area contributed by atoms with E-state index < -0.39 is 6.04 Å². The molecule has 1 aliphatic rings. The summed E-state index contributed by atoms with van der Waals surface area (Å²) in [7, 11) is 0. The van der Waals surface area contributed by atoms with Crippen molar-refractivity contribution >= 4 is 34.1 Å². The lowest BCUT2D eigenvalue weighted by Crippen LogP contribution is -2.44. The lowest BCUT2D eigenvalue weighted by molar-refractivity contribution is -0.125. The summed E-state index contributed by atoms with van der Waals surface area (Å²) in [5.74, 6) is -0.450. The minimum Gasteiger partial charge on any atom is -0.372 e. The van der Waals surface area contributed by atoms with E-state index in [4.69, 9.17) is 0 Å². The Bertz CT molecular complexity index is 1000. The number of rotatable bonds is 6. The number of H-pyrrole nitrogens is 1. The Morgan fingerprint density at radius 1 is 1.07 bits per heavy atom. The van der Waals surface area contributed by atoms with Crippen LogP contribution in [0.25, 0.3) is 10.9 Å². The predicted molar refractivity (Wildman–Crippen MR) is 116 cm³/mol. The predicted octanol–water partition coefficient (Wildman–Crippen LogP) is 3.45. The summed E-state index contributed by atoms with van der Waals surface area (Å²) in [5, 5.41) is 6.79. The van der Waals surface area contributed by atoms with Crippen molar-refractivity contribution in [1.82, 2.24) is 10.3 Å². The summed E-state index contributed by atoms with van der Waals surface area (Å²) >= 11 is 0. The van der Waals surface area contributed by atoms with Crippen molar-refractivity contribution < 1.29 is 9.59 Å². The maximum absolute atomic E-state index is 12.9. The molecule has 1 fully saturated rings. The van der Waals surface area contributed by atoms with Crippen molar-refractivity contribution in [3.8, 4) is 0 Å². The van der Waals surface area contributed by atoms with Gasteiger partial charge >= 0.3 is 0 Å². The summed E-state index contributed by atoms with van der Waals surface area (Å²) < 4.78 is 0. The first-order valence-corrected chi connectivity index (χ1v) is 10.1. The second-order valence-corrected chi connectivity index (χ2v) is 7.55. The summed E-state index contributed by atoms with van der Waals surface area (Å²) in [6, 6.07) is 15.2. The van der Waals surface area contributed by atoms with E-state index in [1.807, 2.05) is 54.7 Å². The van der Waals surface area contributed by atoms with Crippen LogP contribution in [0.4, 0.5) is 11.4 Å². The molecule has 0 spiro atoms. The molecule has 29 heavy (non-hydrogen) atoms. The molecule has 6 nitrogen and oxygen atoms in total. The number of nitrogens with zero attached hydrogens (tertiary/aromatic N) is 1. The van der Waals surface area contributed by atoms with Crippen molar-refractivity contribution in [1.29, 1.82) is 0 Å². The summed E-state index contributed by atoms with van der Waals surface area (Å²) in [5.41, 5.74) is 3.92. The molecule has 0 radical (unpaired) electrons. The van der Waals surface area contributed by atoms with Crippen molar-refractivity contribution in [3.05, 3.63) is 60.3 Å². The maximum atomic E-state index is 12.9. The molecule has 0 bridgehead atoms. The Kier molecular flexibility index (Phi) is 5.51. The van der Waals surface area contributed by atoms with E-state index in [0.717, 1.165) is 35.2 Å². The lowest BCUT2D eigenvalue weighted by atomic mass is 10.0. The standard InChI is InChI=1S/C23H26N4O2/c1-16(28)25-22(14-17-15-24-21-7-3-2-6-20(17)21)23(29)26-18-8-10-19(11-9-18)27-12-4-5-13-27/h2-3,6-11,15,22,24H,4-5,12-14H2,1H3,(H,25,28)(H,26,29). The quantitative estimate of drug-likeness (QED) is 0.603. The van der Waals surface area contributed by atoms with Gasteiger partial charge in [-0.25, -0.2) is 0 Å². The van der Waals surface area contributed by atoms with E-state index in [9.17, 15) is 9.59 Å². The molecule has 3 N–H and O–H groups in total. The number of aromatic nitrogens is 1. The highest BCUT2D eigenvalue weighted by atomic mass is 16.2. The highest BCUT2D eigenvalue weighted by molar-refractivity contribution is 5.97. The first-order chi connectivity index (χ1) is 14.1. The fourth-order valence-corrected chi connectivity index (χ4v) is 3.94. The average molecular weight is 390 g/mol. The molecule has 6 heteroatoms. The van der Waals surface area contributed by atoms with E-state index in [0.29, 0.717) is 6.42 Å². The third-order valence-electron chi connectivity index (χ3n) is 5.40. The van der Waals surface area contributed by atoms with Crippen LogP contribution in [0.3, 0.4) is 0 Å². The van der Waals surface area contributed by atoms with Crippen LogP contribution in [-0.4, -0.2) is 35.9 Å². The molecule has 4 rings (SSSR count). The van der Waals surface area contributed by atoms with Crippen LogP contribution in [0, 0.1) is 0 Å². The summed E-state index contributed by atoms with van der Waals surface area (Å²) in [6.45, 7) is 3.60.